The summed E-state index contributed by atoms with van der Waals surface area (Å²) in [6.45, 7) is 5.97. The van der Waals surface area contributed by atoms with E-state index in [1.54, 1.807) is 54.1 Å². The van der Waals surface area contributed by atoms with E-state index >= 15 is 0 Å². The van der Waals surface area contributed by atoms with Gasteiger partial charge in [0.15, 0.2) is 0 Å². The van der Waals surface area contributed by atoms with Crippen LogP contribution in [-0.2, 0) is 22.9 Å². The van der Waals surface area contributed by atoms with Crippen molar-refractivity contribution in [3.8, 4) is 0 Å². The lowest BCUT2D eigenvalue weighted by Crippen LogP contribution is -2.25. The van der Waals surface area contributed by atoms with Gasteiger partial charge in [-0.05, 0) is 45.3 Å². The number of benzene rings is 1. The summed E-state index contributed by atoms with van der Waals surface area (Å²) in [6, 6.07) is 10.7. The van der Waals surface area contributed by atoms with E-state index < -0.39 is 15.1 Å². The molecule has 2 heterocycles. The van der Waals surface area contributed by atoms with Crippen molar-refractivity contribution in [3.63, 3.8) is 0 Å². The molecule has 1 atom stereocenters. The topological polar surface area (TPSA) is 55.2 Å². The molecule has 3 rings (SSSR count). The molecule has 1 aromatic carbocycles. The van der Waals surface area contributed by atoms with Crippen LogP contribution in [0.5, 0.6) is 0 Å². The zero-order valence-corrected chi connectivity index (χ0v) is 18.7. The van der Waals surface area contributed by atoms with Crippen LogP contribution in [0.15, 0.2) is 53.1 Å². The number of nitrogens with zero attached hydrogens (tertiary/aromatic N) is 3. The molecule has 0 fully saturated rings. The lowest BCUT2D eigenvalue weighted by molar-refractivity contribution is 0.249. The molecule has 0 spiro atoms. The van der Waals surface area contributed by atoms with E-state index in [2.05, 4.69) is 22.9 Å². The van der Waals surface area contributed by atoms with Crippen molar-refractivity contribution in [1.29, 1.82) is 0 Å². The highest BCUT2D eigenvalue weighted by molar-refractivity contribution is 7.91. The van der Waals surface area contributed by atoms with Crippen molar-refractivity contribution in [1.82, 2.24) is 14.5 Å². The van der Waals surface area contributed by atoms with Gasteiger partial charge in [-0.2, -0.15) is 0 Å². The SMILES string of the molecule is CC(C)S(=O)(=O)c1ncc(CN(C)[C@H](C)c2cccs2)n1Cc1ccccc1F. The number of hydrogen-bond donors (Lipinski definition) is 0. The monoisotopic (exact) mass is 435 g/mol. The van der Waals surface area contributed by atoms with Crippen LogP contribution in [0.3, 0.4) is 0 Å². The number of halogens is 1. The fourth-order valence-corrected chi connectivity index (χ4v) is 5.02. The summed E-state index contributed by atoms with van der Waals surface area (Å²) in [7, 11) is -1.62. The van der Waals surface area contributed by atoms with Crippen LogP contribution in [0.4, 0.5) is 4.39 Å². The smallest absolute Gasteiger partial charge is 0.228 e. The molecule has 0 N–H and O–H groups in total. The number of rotatable bonds is 8. The summed E-state index contributed by atoms with van der Waals surface area (Å²) in [6.07, 6.45) is 1.59. The molecule has 0 unspecified atom stereocenters. The maximum atomic E-state index is 14.3. The normalized spacial score (nSPS) is 13.3. The highest BCUT2D eigenvalue weighted by Crippen LogP contribution is 2.26. The molecule has 0 radical (unpaired) electrons. The molecular formula is C21H26FN3O2S2. The van der Waals surface area contributed by atoms with Crippen LogP contribution in [-0.4, -0.2) is 35.2 Å². The molecule has 8 heteroatoms. The Bertz CT molecular complexity index is 1060. The minimum absolute atomic E-state index is 0.0112. The third-order valence-electron chi connectivity index (χ3n) is 5.09. The predicted molar refractivity (Wildman–Crippen MR) is 114 cm³/mol. The van der Waals surface area contributed by atoms with Gasteiger partial charge in [-0.25, -0.2) is 17.8 Å². The zero-order chi connectivity index (χ0) is 21.2. The van der Waals surface area contributed by atoms with Gasteiger partial charge in [0.25, 0.3) is 0 Å². The fourth-order valence-electron chi connectivity index (χ4n) is 3.06. The van der Waals surface area contributed by atoms with E-state index in [0.29, 0.717) is 12.1 Å². The summed E-state index contributed by atoms with van der Waals surface area (Å²) in [5, 5.41) is 1.41. The Morgan fingerprint density at radius 3 is 2.52 bits per heavy atom. The van der Waals surface area contributed by atoms with E-state index in [4.69, 9.17) is 0 Å². The van der Waals surface area contributed by atoms with Gasteiger partial charge in [0.05, 0.1) is 23.7 Å². The molecule has 0 aliphatic heterocycles. The lowest BCUT2D eigenvalue weighted by Gasteiger charge is -2.24. The molecule has 2 aromatic heterocycles. The first-order valence-electron chi connectivity index (χ1n) is 9.47. The molecule has 0 aliphatic carbocycles. The van der Waals surface area contributed by atoms with Gasteiger partial charge in [0.2, 0.25) is 15.0 Å². The first-order chi connectivity index (χ1) is 13.7. The summed E-state index contributed by atoms with van der Waals surface area (Å²) in [5.41, 5.74) is 1.17. The van der Waals surface area contributed by atoms with Gasteiger partial charge >= 0.3 is 0 Å². The summed E-state index contributed by atoms with van der Waals surface area (Å²) in [4.78, 5) is 7.59. The summed E-state index contributed by atoms with van der Waals surface area (Å²) in [5.74, 6) is -0.361. The average molecular weight is 436 g/mol. The predicted octanol–water partition coefficient (Wildman–Crippen LogP) is 4.51. The van der Waals surface area contributed by atoms with Gasteiger partial charge in [-0.15, -0.1) is 11.3 Å². The van der Waals surface area contributed by atoms with Crippen molar-refractivity contribution < 1.29 is 12.8 Å². The molecule has 29 heavy (non-hydrogen) atoms. The number of imidazole rings is 1. The lowest BCUT2D eigenvalue weighted by atomic mass is 10.2. The highest BCUT2D eigenvalue weighted by atomic mass is 32.2. The summed E-state index contributed by atoms with van der Waals surface area (Å²) >= 11 is 1.68. The third-order valence-corrected chi connectivity index (χ3v) is 8.21. The van der Waals surface area contributed by atoms with E-state index in [9.17, 15) is 12.8 Å². The van der Waals surface area contributed by atoms with Crippen molar-refractivity contribution in [2.24, 2.45) is 0 Å². The second kappa shape index (κ2) is 8.77. The molecule has 0 aliphatic rings. The first-order valence-corrected chi connectivity index (χ1v) is 11.9. The number of aromatic nitrogens is 2. The van der Waals surface area contributed by atoms with Crippen LogP contribution in [0, 0.1) is 5.82 Å². The fraction of sp³-hybridized carbons (Fsp3) is 0.381. The number of hydrogen-bond acceptors (Lipinski definition) is 5. The third kappa shape index (κ3) is 4.60. The maximum absolute atomic E-state index is 14.3. The minimum atomic E-state index is -3.61. The standard InChI is InChI=1S/C21H26FN3O2S2/c1-15(2)29(26,27)21-23-12-18(14-24(4)16(3)20-10-7-11-28-20)25(21)13-17-8-5-6-9-19(17)22/h5-12,15-16H,13-14H2,1-4H3/t16-/m1/s1. The average Bonchev–Trinajstić information content (AvgIpc) is 3.33. The Balaban J connectivity index is 1.98. The second-order valence-electron chi connectivity index (χ2n) is 7.41. The molecule has 0 saturated heterocycles. The summed E-state index contributed by atoms with van der Waals surface area (Å²) < 4.78 is 41.6. The number of sulfone groups is 1. The van der Waals surface area contributed by atoms with Gasteiger partial charge in [0, 0.05) is 23.0 Å². The van der Waals surface area contributed by atoms with Gasteiger partial charge < -0.3 is 4.57 Å². The molecule has 156 valence electrons. The van der Waals surface area contributed by atoms with Crippen LogP contribution < -0.4 is 0 Å². The van der Waals surface area contributed by atoms with E-state index in [-0.39, 0.29) is 23.6 Å². The van der Waals surface area contributed by atoms with Crippen LogP contribution in [0.1, 0.15) is 42.9 Å². The Kier molecular flexibility index (Phi) is 6.55. The Labute approximate surface area is 175 Å². The quantitative estimate of drug-likeness (QED) is 0.523. The maximum Gasteiger partial charge on any atom is 0.228 e. The van der Waals surface area contributed by atoms with Crippen molar-refractivity contribution >= 4 is 21.2 Å². The second-order valence-corrected chi connectivity index (χ2v) is 10.8. The molecule has 0 amide bonds. The van der Waals surface area contributed by atoms with E-state index in [1.165, 1.54) is 10.9 Å². The minimum Gasteiger partial charge on any atom is -0.313 e. The van der Waals surface area contributed by atoms with E-state index in [1.807, 2.05) is 18.5 Å². The van der Waals surface area contributed by atoms with Crippen LogP contribution >= 0.6 is 11.3 Å². The largest absolute Gasteiger partial charge is 0.313 e. The Hall–Kier alpha value is -2.03. The zero-order valence-electron chi connectivity index (χ0n) is 17.0. The van der Waals surface area contributed by atoms with E-state index in [0.717, 1.165) is 5.69 Å². The number of thiophene rings is 1. The molecule has 0 saturated carbocycles. The van der Waals surface area contributed by atoms with Gasteiger partial charge in [-0.3, -0.25) is 4.90 Å². The Morgan fingerprint density at radius 1 is 1.17 bits per heavy atom. The van der Waals surface area contributed by atoms with Gasteiger partial charge in [-0.1, -0.05) is 24.3 Å². The van der Waals surface area contributed by atoms with Gasteiger partial charge in [0.1, 0.15) is 5.82 Å². The molecular weight excluding hydrogens is 409 g/mol. The molecule has 0 bridgehead atoms. The first kappa shape index (κ1) is 21.7. The van der Waals surface area contributed by atoms with Crippen LogP contribution in [0.2, 0.25) is 0 Å². The van der Waals surface area contributed by atoms with Crippen molar-refractivity contribution in [2.75, 3.05) is 7.05 Å². The highest BCUT2D eigenvalue weighted by Gasteiger charge is 2.28. The van der Waals surface area contributed by atoms with Crippen LogP contribution in [0.25, 0.3) is 0 Å². The van der Waals surface area contributed by atoms with Crippen molar-refractivity contribution in [3.05, 3.63) is 69.9 Å². The Morgan fingerprint density at radius 2 is 1.90 bits per heavy atom. The van der Waals surface area contributed by atoms with Crippen molar-refractivity contribution in [2.45, 2.75) is 50.3 Å². The molecule has 5 nitrogen and oxygen atoms in total. The molecule has 3 aromatic rings.